The second kappa shape index (κ2) is 10.4. The molecule has 1 unspecified atom stereocenters. The predicted octanol–water partition coefficient (Wildman–Crippen LogP) is 3.40. The highest BCUT2D eigenvalue weighted by Crippen LogP contribution is 2.19. The lowest BCUT2D eigenvalue weighted by molar-refractivity contribution is 0.145. The smallest absolute Gasteiger partial charge is 0.318 e. The summed E-state index contributed by atoms with van der Waals surface area (Å²) in [5.41, 5.74) is 1.97. The molecule has 6 nitrogen and oxygen atoms in total. The topological polar surface area (TPSA) is 63.7 Å². The number of aromatic nitrogens is 1. The van der Waals surface area contributed by atoms with E-state index in [9.17, 15) is 4.79 Å². The summed E-state index contributed by atoms with van der Waals surface area (Å²) < 4.78 is 10.7. The Bertz CT molecular complexity index is 679. The minimum atomic E-state index is -0.139. The average molecular weight is 357 g/mol. The zero-order valence-corrected chi connectivity index (χ0v) is 15.6. The number of nitrogens with zero attached hydrogens (tertiary/aromatic N) is 2. The first-order chi connectivity index (χ1) is 12.6. The van der Waals surface area contributed by atoms with Crippen LogP contribution in [0.1, 0.15) is 31.0 Å². The van der Waals surface area contributed by atoms with E-state index in [2.05, 4.69) is 10.3 Å². The molecule has 2 amide bonds. The predicted molar refractivity (Wildman–Crippen MR) is 101 cm³/mol. The van der Waals surface area contributed by atoms with Crippen LogP contribution >= 0.6 is 0 Å². The minimum Gasteiger partial charge on any atom is -0.494 e. The number of rotatable bonds is 9. The largest absolute Gasteiger partial charge is 0.494 e. The molecule has 0 saturated heterocycles. The van der Waals surface area contributed by atoms with Crippen molar-refractivity contribution in [2.24, 2.45) is 0 Å². The van der Waals surface area contributed by atoms with E-state index in [1.165, 1.54) is 0 Å². The molecule has 1 aromatic heterocycles. The molecule has 26 heavy (non-hydrogen) atoms. The Kier molecular flexibility index (Phi) is 7.89. The summed E-state index contributed by atoms with van der Waals surface area (Å²) in [5, 5.41) is 3.05. The fourth-order valence-electron chi connectivity index (χ4n) is 2.57. The van der Waals surface area contributed by atoms with Gasteiger partial charge in [-0.1, -0.05) is 18.2 Å². The molecular weight excluding hydrogens is 330 g/mol. The number of amides is 2. The van der Waals surface area contributed by atoms with Crippen molar-refractivity contribution in [2.75, 3.05) is 26.9 Å². The fourth-order valence-corrected chi connectivity index (χ4v) is 2.57. The Morgan fingerprint density at radius 3 is 2.85 bits per heavy atom. The van der Waals surface area contributed by atoms with Gasteiger partial charge in [0.25, 0.3) is 0 Å². The van der Waals surface area contributed by atoms with Crippen molar-refractivity contribution in [3.05, 3.63) is 59.9 Å². The summed E-state index contributed by atoms with van der Waals surface area (Å²) >= 11 is 0. The Hall–Kier alpha value is -2.60. The number of benzene rings is 1. The van der Waals surface area contributed by atoms with Gasteiger partial charge in [0, 0.05) is 32.6 Å². The van der Waals surface area contributed by atoms with Crippen molar-refractivity contribution >= 4 is 6.03 Å². The second-order valence-electron chi connectivity index (χ2n) is 5.95. The maximum Gasteiger partial charge on any atom is 0.318 e. The molecule has 0 radical (unpaired) electrons. The number of urea groups is 1. The summed E-state index contributed by atoms with van der Waals surface area (Å²) in [7, 11) is 1.63. The molecule has 1 aromatic carbocycles. The molecule has 0 aliphatic carbocycles. The zero-order valence-electron chi connectivity index (χ0n) is 15.6. The van der Waals surface area contributed by atoms with E-state index in [-0.39, 0.29) is 12.1 Å². The highest BCUT2D eigenvalue weighted by molar-refractivity contribution is 5.74. The summed E-state index contributed by atoms with van der Waals surface area (Å²) in [6.45, 7) is 5.98. The maximum atomic E-state index is 12.8. The van der Waals surface area contributed by atoms with Crippen LogP contribution < -0.4 is 10.1 Å². The van der Waals surface area contributed by atoms with Gasteiger partial charge in [0.2, 0.25) is 0 Å². The van der Waals surface area contributed by atoms with Crippen molar-refractivity contribution in [3.8, 4) is 5.75 Å². The van der Waals surface area contributed by atoms with E-state index < -0.39 is 0 Å². The van der Waals surface area contributed by atoms with E-state index in [1.54, 1.807) is 24.4 Å². The quantitative estimate of drug-likeness (QED) is 0.747. The van der Waals surface area contributed by atoms with Gasteiger partial charge in [0.05, 0.1) is 19.3 Å². The highest BCUT2D eigenvalue weighted by Gasteiger charge is 2.17. The lowest BCUT2D eigenvalue weighted by atomic mass is 10.1. The third kappa shape index (κ3) is 6.04. The number of pyridine rings is 1. The van der Waals surface area contributed by atoms with Crippen LogP contribution in [0, 0.1) is 0 Å². The molecular formula is C20H27N3O3. The average Bonchev–Trinajstić information content (AvgIpc) is 2.66. The van der Waals surface area contributed by atoms with Gasteiger partial charge in [-0.15, -0.1) is 0 Å². The van der Waals surface area contributed by atoms with Crippen LogP contribution in [-0.2, 0) is 11.3 Å². The van der Waals surface area contributed by atoms with Gasteiger partial charge in [-0.2, -0.15) is 0 Å². The van der Waals surface area contributed by atoms with Crippen molar-refractivity contribution < 1.29 is 14.3 Å². The third-order valence-corrected chi connectivity index (χ3v) is 3.96. The molecule has 2 aromatic rings. The van der Waals surface area contributed by atoms with Gasteiger partial charge in [-0.05, 0) is 43.2 Å². The van der Waals surface area contributed by atoms with Crippen LogP contribution in [0.3, 0.4) is 0 Å². The van der Waals surface area contributed by atoms with E-state index in [4.69, 9.17) is 9.47 Å². The van der Waals surface area contributed by atoms with Crippen molar-refractivity contribution in [3.63, 3.8) is 0 Å². The van der Waals surface area contributed by atoms with Gasteiger partial charge in [-0.3, -0.25) is 4.98 Å². The van der Waals surface area contributed by atoms with Gasteiger partial charge < -0.3 is 19.7 Å². The van der Waals surface area contributed by atoms with Crippen LogP contribution in [0.4, 0.5) is 4.79 Å². The van der Waals surface area contributed by atoms with E-state index in [1.807, 2.05) is 50.2 Å². The SMILES string of the molecule is CCOc1cccc(C(C)NC(=O)N(CCOC)Cc2cccnc2)c1. The monoisotopic (exact) mass is 357 g/mol. The Morgan fingerprint density at radius 2 is 2.15 bits per heavy atom. The first kappa shape index (κ1) is 19.7. The Balaban J connectivity index is 2.03. The molecule has 2 rings (SSSR count). The van der Waals surface area contributed by atoms with Crippen LogP contribution in [0.5, 0.6) is 5.75 Å². The second-order valence-corrected chi connectivity index (χ2v) is 5.95. The molecule has 0 aliphatic heterocycles. The normalized spacial score (nSPS) is 11.7. The summed E-state index contributed by atoms with van der Waals surface area (Å²) in [6, 6.07) is 11.3. The minimum absolute atomic E-state index is 0.137. The van der Waals surface area contributed by atoms with Gasteiger partial charge in [0.1, 0.15) is 5.75 Å². The summed E-state index contributed by atoms with van der Waals surface area (Å²) in [5.74, 6) is 0.803. The molecule has 0 bridgehead atoms. The number of nitrogens with one attached hydrogen (secondary N) is 1. The highest BCUT2D eigenvalue weighted by atomic mass is 16.5. The van der Waals surface area contributed by atoms with E-state index >= 15 is 0 Å². The van der Waals surface area contributed by atoms with Gasteiger partial charge >= 0.3 is 6.03 Å². The fraction of sp³-hybridized carbons (Fsp3) is 0.400. The Labute approximate surface area is 155 Å². The zero-order chi connectivity index (χ0) is 18.8. The molecule has 1 atom stereocenters. The maximum absolute atomic E-state index is 12.8. The van der Waals surface area contributed by atoms with Crippen LogP contribution in [0.2, 0.25) is 0 Å². The summed E-state index contributed by atoms with van der Waals surface area (Å²) in [6.07, 6.45) is 3.48. The lowest BCUT2D eigenvalue weighted by Crippen LogP contribution is -2.42. The molecule has 6 heteroatoms. The number of methoxy groups -OCH3 is 1. The van der Waals surface area contributed by atoms with Crippen molar-refractivity contribution in [1.82, 2.24) is 15.2 Å². The molecule has 1 heterocycles. The number of ether oxygens (including phenoxy) is 2. The van der Waals surface area contributed by atoms with Crippen molar-refractivity contribution in [1.29, 1.82) is 0 Å². The molecule has 0 fully saturated rings. The lowest BCUT2D eigenvalue weighted by Gasteiger charge is -2.25. The van der Waals surface area contributed by atoms with Gasteiger partial charge in [0.15, 0.2) is 0 Å². The molecule has 0 spiro atoms. The standard InChI is InChI=1S/C20H27N3O3/c1-4-26-19-9-5-8-18(13-19)16(2)22-20(24)23(11-12-25-3)15-17-7-6-10-21-14-17/h5-10,13-14,16H,4,11-12,15H2,1-3H3,(H,22,24). The van der Waals surface area contributed by atoms with Crippen LogP contribution in [-0.4, -0.2) is 42.8 Å². The number of hydrogen-bond donors (Lipinski definition) is 1. The molecule has 0 aliphatic rings. The first-order valence-corrected chi connectivity index (χ1v) is 8.80. The third-order valence-electron chi connectivity index (χ3n) is 3.96. The molecule has 0 saturated carbocycles. The number of carbonyl (C=O) groups excluding carboxylic acids is 1. The van der Waals surface area contributed by atoms with Crippen LogP contribution in [0.25, 0.3) is 0 Å². The van der Waals surface area contributed by atoms with E-state index in [0.717, 1.165) is 16.9 Å². The summed E-state index contributed by atoms with van der Waals surface area (Å²) in [4.78, 5) is 18.6. The number of carbonyl (C=O) groups is 1. The first-order valence-electron chi connectivity index (χ1n) is 8.80. The Morgan fingerprint density at radius 1 is 1.31 bits per heavy atom. The molecule has 140 valence electrons. The number of hydrogen-bond acceptors (Lipinski definition) is 4. The van der Waals surface area contributed by atoms with Crippen LogP contribution in [0.15, 0.2) is 48.8 Å². The van der Waals surface area contributed by atoms with Crippen molar-refractivity contribution in [2.45, 2.75) is 26.4 Å². The molecule has 1 N–H and O–H groups in total. The van der Waals surface area contributed by atoms with Gasteiger partial charge in [-0.25, -0.2) is 4.79 Å². The van der Waals surface area contributed by atoms with E-state index in [0.29, 0.717) is 26.3 Å².